The predicted octanol–water partition coefficient (Wildman–Crippen LogP) is 4.05. The van der Waals surface area contributed by atoms with Crippen molar-refractivity contribution < 1.29 is 14.6 Å². The van der Waals surface area contributed by atoms with E-state index in [0.717, 1.165) is 15.7 Å². The van der Waals surface area contributed by atoms with E-state index in [4.69, 9.17) is 9.84 Å². The van der Waals surface area contributed by atoms with Crippen LogP contribution in [0.5, 0.6) is 5.75 Å². The van der Waals surface area contributed by atoms with Crippen LogP contribution < -0.4 is 4.74 Å². The van der Waals surface area contributed by atoms with Gasteiger partial charge in [0.05, 0.1) is 5.69 Å². The highest BCUT2D eigenvalue weighted by atomic mass is 79.9. The highest BCUT2D eigenvalue weighted by Crippen LogP contribution is 2.17. The average Bonchev–Trinajstić information content (AvgIpc) is 2.48. The highest BCUT2D eigenvalue weighted by Gasteiger charge is 2.11. The maximum absolute atomic E-state index is 10.7. The number of hydrogen-bond acceptors (Lipinski definition) is 3. The summed E-state index contributed by atoms with van der Waals surface area (Å²) in [4.78, 5) is 15.1. The Morgan fingerprint density at radius 1 is 1.19 bits per heavy atom. The molecule has 0 aliphatic rings. The molecule has 0 saturated carbocycles. The molecule has 0 fully saturated rings. The third-order valence-electron chi connectivity index (χ3n) is 2.73. The first-order valence-corrected chi connectivity index (χ1v) is 7.13. The molecule has 0 unspecified atom stereocenters. The van der Waals surface area contributed by atoms with E-state index in [-0.39, 0.29) is 0 Å². The van der Waals surface area contributed by atoms with Gasteiger partial charge < -0.3 is 9.84 Å². The molecule has 2 aromatic rings. The van der Waals surface area contributed by atoms with Gasteiger partial charge in [0.15, 0.2) is 6.10 Å². The zero-order valence-electron chi connectivity index (χ0n) is 11.4. The molecular formula is C16H14BrNO3. The van der Waals surface area contributed by atoms with Crippen LogP contribution in [0.3, 0.4) is 0 Å². The Hall–Kier alpha value is -2.14. The van der Waals surface area contributed by atoms with Gasteiger partial charge in [-0.15, -0.1) is 0 Å². The van der Waals surface area contributed by atoms with E-state index < -0.39 is 12.1 Å². The number of carboxylic acid groups (broad SMARTS) is 1. The molecule has 2 aromatic carbocycles. The van der Waals surface area contributed by atoms with Crippen molar-refractivity contribution in [2.75, 3.05) is 0 Å². The van der Waals surface area contributed by atoms with Crippen molar-refractivity contribution in [1.29, 1.82) is 0 Å². The van der Waals surface area contributed by atoms with Crippen molar-refractivity contribution in [3.05, 3.63) is 58.6 Å². The Labute approximate surface area is 131 Å². The molecule has 1 N–H and O–H groups in total. The lowest BCUT2D eigenvalue weighted by Gasteiger charge is -2.09. The lowest BCUT2D eigenvalue weighted by Crippen LogP contribution is -2.22. The van der Waals surface area contributed by atoms with Gasteiger partial charge in [0.25, 0.3) is 0 Å². The molecule has 108 valence electrons. The highest BCUT2D eigenvalue weighted by molar-refractivity contribution is 9.10. The van der Waals surface area contributed by atoms with Gasteiger partial charge in [-0.3, -0.25) is 4.99 Å². The smallest absolute Gasteiger partial charge is 0.344 e. The monoisotopic (exact) mass is 347 g/mol. The molecule has 0 bridgehead atoms. The fraction of sp³-hybridized carbons (Fsp3) is 0.125. The molecule has 0 aromatic heterocycles. The molecule has 21 heavy (non-hydrogen) atoms. The summed E-state index contributed by atoms with van der Waals surface area (Å²) < 4.78 is 6.27. The van der Waals surface area contributed by atoms with Crippen LogP contribution in [-0.4, -0.2) is 23.4 Å². The Morgan fingerprint density at radius 2 is 1.81 bits per heavy atom. The first-order valence-electron chi connectivity index (χ1n) is 6.34. The van der Waals surface area contributed by atoms with Crippen LogP contribution >= 0.6 is 15.9 Å². The fourth-order valence-corrected chi connectivity index (χ4v) is 1.83. The van der Waals surface area contributed by atoms with E-state index >= 15 is 0 Å². The topological polar surface area (TPSA) is 58.9 Å². The largest absolute Gasteiger partial charge is 0.479 e. The first kappa shape index (κ1) is 15.3. The second-order valence-corrected chi connectivity index (χ2v) is 5.32. The molecule has 1 atom stereocenters. The summed E-state index contributed by atoms with van der Waals surface area (Å²) in [5.41, 5.74) is 1.77. The summed E-state index contributed by atoms with van der Waals surface area (Å²) in [6.45, 7) is 1.49. The van der Waals surface area contributed by atoms with E-state index in [1.807, 2.05) is 36.4 Å². The molecule has 4 nitrogen and oxygen atoms in total. The maximum Gasteiger partial charge on any atom is 0.344 e. The number of ether oxygens (including phenoxy) is 1. The number of hydrogen-bond donors (Lipinski definition) is 1. The third kappa shape index (κ3) is 4.72. The molecule has 0 radical (unpaired) electrons. The summed E-state index contributed by atoms with van der Waals surface area (Å²) in [6, 6.07) is 14.8. The Kier molecular flexibility index (Phi) is 5.11. The molecule has 0 aliphatic heterocycles. The van der Waals surface area contributed by atoms with E-state index in [0.29, 0.717) is 5.75 Å². The summed E-state index contributed by atoms with van der Waals surface area (Å²) in [6.07, 6.45) is 0.875. The predicted molar refractivity (Wildman–Crippen MR) is 85.6 cm³/mol. The molecular weight excluding hydrogens is 334 g/mol. The van der Waals surface area contributed by atoms with Crippen LogP contribution in [0.4, 0.5) is 5.69 Å². The SMILES string of the molecule is C[C@H](Oc1ccc(C=Nc2ccc(Br)cc2)cc1)C(=O)O. The van der Waals surface area contributed by atoms with E-state index in [1.165, 1.54) is 6.92 Å². The van der Waals surface area contributed by atoms with Crippen LogP contribution in [0.15, 0.2) is 58.0 Å². The zero-order valence-corrected chi connectivity index (χ0v) is 12.9. The van der Waals surface area contributed by atoms with Gasteiger partial charge in [-0.25, -0.2) is 4.79 Å². The van der Waals surface area contributed by atoms with Crippen molar-refractivity contribution in [3.8, 4) is 5.75 Å². The summed E-state index contributed by atoms with van der Waals surface area (Å²) in [7, 11) is 0. The van der Waals surface area contributed by atoms with Crippen molar-refractivity contribution in [1.82, 2.24) is 0 Å². The van der Waals surface area contributed by atoms with E-state index in [9.17, 15) is 4.79 Å². The maximum atomic E-state index is 10.7. The molecule has 5 heteroatoms. The molecule has 2 rings (SSSR count). The summed E-state index contributed by atoms with van der Waals surface area (Å²) in [5, 5.41) is 8.78. The Bertz CT molecular complexity index is 636. The number of carboxylic acids is 1. The molecule has 0 aliphatic carbocycles. The van der Waals surface area contributed by atoms with Crippen LogP contribution in [0.25, 0.3) is 0 Å². The molecule has 0 heterocycles. The van der Waals surface area contributed by atoms with Gasteiger partial charge in [-0.1, -0.05) is 15.9 Å². The fourth-order valence-electron chi connectivity index (χ4n) is 1.56. The van der Waals surface area contributed by atoms with Gasteiger partial charge in [0.2, 0.25) is 0 Å². The van der Waals surface area contributed by atoms with Gasteiger partial charge >= 0.3 is 5.97 Å². The summed E-state index contributed by atoms with van der Waals surface area (Å²) >= 11 is 3.37. The molecule has 0 saturated heterocycles. The normalized spacial score (nSPS) is 12.3. The number of carbonyl (C=O) groups is 1. The number of halogens is 1. The van der Waals surface area contributed by atoms with Gasteiger partial charge in [0, 0.05) is 10.7 Å². The minimum absolute atomic E-state index is 0.519. The van der Waals surface area contributed by atoms with Crippen molar-refractivity contribution in [2.45, 2.75) is 13.0 Å². The molecule has 0 amide bonds. The van der Waals surface area contributed by atoms with Gasteiger partial charge in [-0.05, 0) is 61.0 Å². The van der Waals surface area contributed by atoms with Crippen LogP contribution in [-0.2, 0) is 4.79 Å². The Morgan fingerprint density at radius 3 is 2.38 bits per heavy atom. The van der Waals surface area contributed by atoms with Crippen LogP contribution in [0, 0.1) is 0 Å². The molecule has 0 spiro atoms. The minimum atomic E-state index is -0.990. The second kappa shape index (κ2) is 7.04. The number of aliphatic imine (C=N–C) groups is 1. The van der Waals surface area contributed by atoms with E-state index in [2.05, 4.69) is 20.9 Å². The number of benzene rings is 2. The van der Waals surface area contributed by atoms with Gasteiger partial charge in [0.1, 0.15) is 5.75 Å². The van der Waals surface area contributed by atoms with Crippen LogP contribution in [0.2, 0.25) is 0 Å². The lowest BCUT2D eigenvalue weighted by molar-refractivity contribution is -0.144. The Balaban J connectivity index is 2.02. The zero-order chi connectivity index (χ0) is 15.2. The number of nitrogens with zero attached hydrogens (tertiary/aromatic N) is 1. The third-order valence-corrected chi connectivity index (χ3v) is 3.26. The number of aliphatic carboxylic acids is 1. The first-order chi connectivity index (χ1) is 10.0. The standard InChI is InChI=1S/C16H14BrNO3/c1-11(16(19)20)21-15-8-2-12(3-9-15)10-18-14-6-4-13(17)5-7-14/h2-11H,1H3,(H,19,20)/t11-/m0/s1. The minimum Gasteiger partial charge on any atom is -0.479 e. The summed E-state index contributed by atoms with van der Waals surface area (Å²) in [5.74, 6) is -0.471. The number of rotatable bonds is 5. The average molecular weight is 348 g/mol. The second-order valence-electron chi connectivity index (χ2n) is 4.40. The van der Waals surface area contributed by atoms with Gasteiger partial charge in [-0.2, -0.15) is 0 Å². The van der Waals surface area contributed by atoms with Crippen molar-refractivity contribution >= 4 is 33.8 Å². The lowest BCUT2D eigenvalue weighted by atomic mass is 10.2. The van der Waals surface area contributed by atoms with Crippen molar-refractivity contribution in [2.24, 2.45) is 4.99 Å². The quantitative estimate of drug-likeness (QED) is 0.830. The van der Waals surface area contributed by atoms with Crippen LogP contribution in [0.1, 0.15) is 12.5 Å². The van der Waals surface area contributed by atoms with Crippen molar-refractivity contribution in [3.63, 3.8) is 0 Å². The van der Waals surface area contributed by atoms with E-state index in [1.54, 1.807) is 18.3 Å².